The third-order valence-electron chi connectivity index (χ3n) is 8.16. The van der Waals surface area contributed by atoms with E-state index in [0.29, 0.717) is 36.4 Å². The first kappa shape index (κ1) is 30.2. The van der Waals surface area contributed by atoms with E-state index in [1.54, 1.807) is 13.0 Å². The van der Waals surface area contributed by atoms with Crippen LogP contribution in [-0.4, -0.2) is 112 Å². The van der Waals surface area contributed by atoms with Crippen LogP contribution in [0.3, 0.4) is 0 Å². The number of nitrogens with zero attached hydrogens (tertiary/aromatic N) is 3. The molecule has 1 fully saturated rings. The lowest BCUT2D eigenvalue weighted by molar-refractivity contribution is -0.154. The minimum atomic E-state index is -2.78. The molecule has 4 atom stereocenters. The molecule has 0 aromatic heterocycles. The van der Waals surface area contributed by atoms with Crippen molar-refractivity contribution in [1.82, 2.24) is 9.80 Å². The number of primary amides is 1. The lowest BCUT2D eigenvalue weighted by Gasteiger charge is -2.53. The van der Waals surface area contributed by atoms with Crippen LogP contribution in [-0.2, 0) is 25.6 Å². The molecule has 0 bridgehead atoms. The van der Waals surface area contributed by atoms with Gasteiger partial charge in [-0.1, -0.05) is 5.16 Å². The van der Waals surface area contributed by atoms with Crippen LogP contribution in [0.1, 0.15) is 36.5 Å². The second kappa shape index (κ2) is 10.6. The number of nitrogens with two attached hydrogens (primary N) is 2. The fourth-order valence-corrected chi connectivity index (χ4v) is 6.32. The van der Waals surface area contributed by atoms with E-state index < -0.39 is 63.2 Å². The van der Waals surface area contributed by atoms with Crippen LogP contribution < -0.4 is 11.5 Å². The Morgan fingerprint density at radius 2 is 1.83 bits per heavy atom. The number of aliphatic hydroxyl groups excluding tert-OH is 2. The van der Waals surface area contributed by atoms with Crippen molar-refractivity contribution in [1.29, 1.82) is 0 Å². The number of phenolic OH excluding ortho intramolecular Hbond substituents is 1. The summed E-state index contributed by atoms with van der Waals surface area (Å²) in [6.45, 7) is 2.70. The molecule has 1 amide bonds. The number of hydrogen-bond donors (Lipinski definition) is 6. The number of carbonyl (C=O) groups is 3. The number of fused-ring (bicyclic) bond motifs is 3. The minimum Gasteiger partial charge on any atom is -0.508 e. The van der Waals surface area contributed by atoms with E-state index in [2.05, 4.69) is 5.16 Å². The van der Waals surface area contributed by atoms with Crippen LogP contribution in [0.4, 0.5) is 0 Å². The summed E-state index contributed by atoms with van der Waals surface area (Å²) in [5.74, 6) is -6.85. The Hall–Kier alpha value is -3.78. The summed E-state index contributed by atoms with van der Waals surface area (Å²) in [6.07, 6.45) is 0.119. The summed E-state index contributed by atoms with van der Waals surface area (Å²) in [5, 5.41) is 49.4. The van der Waals surface area contributed by atoms with Gasteiger partial charge < -0.3 is 41.6 Å². The lowest BCUT2D eigenvalue weighted by Crippen LogP contribution is -2.70. The molecule has 0 aliphatic heterocycles. The average Bonchev–Trinajstić information content (AvgIpc) is 2.86. The Morgan fingerprint density at radius 1 is 1.17 bits per heavy atom. The Balaban J connectivity index is 1.98. The van der Waals surface area contributed by atoms with Crippen molar-refractivity contribution in [2.24, 2.45) is 22.5 Å². The Kier molecular flexibility index (Phi) is 7.78. The number of Topliss-reactive ketones (excluding diaryl/α,β-unsaturated/α-hetero) is 2. The van der Waals surface area contributed by atoms with Crippen LogP contribution >= 0.6 is 0 Å². The zero-order valence-electron chi connectivity index (χ0n) is 23.8. The maximum Gasteiger partial charge on any atom is 0.255 e. The van der Waals surface area contributed by atoms with Crippen LogP contribution in [0.2, 0.25) is 0 Å². The number of hydrogen-bond acceptors (Lipinski definition) is 12. The Bertz CT molecular complexity index is 1410. The quantitative estimate of drug-likeness (QED) is 0.136. The SMILES string of the molecule is CCO/N=C(/CCN(C)C)c1ccc(O)c2c1C[C@@]1(N)C[C@H]3[C@@H](N(C)C)C(=O)C(C(N)=O)=C(O)[C@@]3(O)C(=O)C1=C2O. The van der Waals surface area contributed by atoms with Gasteiger partial charge in [0, 0.05) is 24.4 Å². The molecule has 1 aromatic carbocycles. The molecule has 4 rings (SSSR count). The number of carbonyl (C=O) groups excluding carboxylic acids is 3. The molecular formula is C28H37N5O8. The molecule has 1 aromatic rings. The molecular weight excluding hydrogens is 534 g/mol. The lowest BCUT2D eigenvalue weighted by atomic mass is 9.54. The van der Waals surface area contributed by atoms with Gasteiger partial charge in [0.05, 0.1) is 28.4 Å². The number of aromatic hydroxyl groups is 1. The number of amides is 1. The van der Waals surface area contributed by atoms with Crippen molar-refractivity contribution in [3.05, 3.63) is 45.7 Å². The molecule has 13 heteroatoms. The molecule has 1 saturated carbocycles. The smallest absolute Gasteiger partial charge is 0.255 e. The first-order valence-corrected chi connectivity index (χ1v) is 13.2. The van der Waals surface area contributed by atoms with Crippen molar-refractivity contribution in [2.75, 3.05) is 41.3 Å². The first-order chi connectivity index (χ1) is 19.1. The summed E-state index contributed by atoms with van der Waals surface area (Å²) >= 11 is 0. The Morgan fingerprint density at radius 3 is 2.39 bits per heavy atom. The summed E-state index contributed by atoms with van der Waals surface area (Å²) in [5.41, 5.74) is 7.92. The predicted octanol–water partition coefficient (Wildman–Crippen LogP) is -0.262. The molecule has 0 heterocycles. The van der Waals surface area contributed by atoms with E-state index in [1.807, 2.05) is 19.0 Å². The fraction of sp³-hybridized carbons (Fsp3) is 0.500. The molecule has 0 saturated heterocycles. The van der Waals surface area contributed by atoms with E-state index in [4.69, 9.17) is 16.3 Å². The van der Waals surface area contributed by atoms with E-state index in [9.17, 15) is 34.8 Å². The summed E-state index contributed by atoms with van der Waals surface area (Å²) in [6, 6.07) is 1.73. The largest absolute Gasteiger partial charge is 0.508 e. The number of rotatable bonds is 8. The first-order valence-electron chi connectivity index (χ1n) is 13.2. The maximum atomic E-state index is 14.1. The zero-order valence-corrected chi connectivity index (χ0v) is 23.8. The third kappa shape index (κ3) is 4.58. The monoisotopic (exact) mass is 571 g/mol. The fourth-order valence-electron chi connectivity index (χ4n) is 6.32. The number of oxime groups is 1. The summed E-state index contributed by atoms with van der Waals surface area (Å²) in [4.78, 5) is 48.3. The van der Waals surface area contributed by atoms with Crippen LogP contribution in [0.15, 0.2) is 34.2 Å². The van der Waals surface area contributed by atoms with Crippen molar-refractivity contribution in [3.63, 3.8) is 0 Å². The van der Waals surface area contributed by atoms with E-state index in [0.717, 1.165) is 0 Å². The van der Waals surface area contributed by atoms with E-state index in [-0.39, 0.29) is 24.2 Å². The molecule has 41 heavy (non-hydrogen) atoms. The highest BCUT2D eigenvalue weighted by molar-refractivity contribution is 6.25. The van der Waals surface area contributed by atoms with Gasteiger partial charge in [-0.2, -0.15) is 0 Å². The summed E-state index contributed by atoms with van der Waals surface area (Å²) in [7, 11) is 6.84. The standard InChI is InChI=1S/C28H37N5O8/c1-6-41-31-16(9-10-32(2)3)13-7-8-17(34)18-14(13)11-27(30)12-15-21(33(4)5)23(36)19(26(29)39)24(37)28(15,40)25(38)20(27)22(18)35/h7-8,15,21,34-35,37,40H,6,9-12,30H2,1-5H3,(H2,29,39)/b31-16-/t15-,21+,27+,28+/m0/s1. The van der Waals surface area contributed by atoms with Crippen LogP contribution in [0.5, 0.6) is 5.75 Å². The van der Waals surface area contributed by atoms with Gasteiger partial charge in [0.15, 0.2) is 11.4 Å². The van der Waals surface area contributed by atoms with Gasteiger partial charge in [-0.25, -0.2) is 0 Å². The normalized spacial score (nSPS) is 28.2. The van der Waals surface area contributed by atoms with Crippen molar-refractivity contribution in [2.45, 2.75) is 43.4 Å². The highest BCUT2D eigenvalue weighted by Crippen LogP contribution is 2.53. The second-order valence-electron chi connectivity index (χ2n) is 11.3. The number of phenols is 1. The van der Waals surface area contributed by atoms with Crippen molar-refractivity contribution >= 4 is 28.9 Å². The third-order valence-corrected chi connectivity index (χ3v) is 8.16. The van der Waals surface area contributed by atoms with Gasteiger partial charge in [0.1, 0.15) is 29.4 Å². The molecule has 3 aliphatic rings. The highest BCUT2D eigenvalue weighted by atomic mass is 16.6. The topological polar surface area (TPSA) is 212 Å². The molecule has 222 valence electrons. The van der Waals surface area contributed by atoms with Gasteiger partial charge >= 0.3 is 0 Å². The van der Waals surface area contributed by atoms with Gasteiger partial charge in [0.2, 0.25) is 5.78 Å². The highest BCUT2D eigenvalue weighted by Gasteiger charge is 2.67. The van der Waals surface area contributed by atoms with Gasteiger partial charge in [0.25, 0.3) is 5.91 Å². The molecule has 13 nitrogen and oxygen atoms in total. The van der Waals surface area contributed by atoms with Gasteiger partial charge in [-0.3, -0.25) is 19.3 Å². The molecule has 3 aliphatic carbocycles. The van der Waals surface area contributed by atoms with E-state index >= 15 is 0 Å². The maximum absolute atomic E-state index is 14.1. The van der Waals surface area contributed by atoms with Crippen molar-refractivity contribution < 1.29 is 39.6 Å². The average molecular weight is 572 g/mol. The summed E-state index contributed by atoms with van der Waals surface area (Å²) < 4.78 is 0. The van der Waals surface area contributed by atoms with Crippen molar-refractivity contribution in [3.8, 4) is 5.75 Å². The predicted molar refractivity (Wildman–Crippen MR) is 149 cm³/mol. The van der Waals surface area contributed by atoms with Gasteiger partial charge in [-0.05, 0) is 65.7 Å². The number of aliphatic hydroxyl groups is 3. The zero-order chi connectivity index (χ0) is 30.6. The molecule has 0 unspecified atom stereocenters. The number of ketones is 2. The Labute approximate surface area is 237 Å². The molecule has 0 radical (unpaired) electrons. The number of benzene rings is 1. The van der Waals surface area contributed by atoms with Crippen LogP contribution in [0, 0.1) is 5.92 Å². The van der Waals surface area contributed by atoms with Crippen LogP contribution in [0.25, 0.3) is 5.76 Å². The van der Waals surface area contributed by atoms with Gasteiger partial charge in [-0.15, -0.1) is 0 Å². The molecule has 8 N–H and O–H groups in total. The molecule has 0 spiro atoms. The number of likely N-dealkylation sites (N-methyl/N-ethyl adjacent to an activating group) is 1. The van der Waals surface area contributed by atoms with E-state index in [1.165, 1.54) is 25.1 Å². The second-order valence-corrected chi connectivity index (χ2v) is 11.3. The minimum absolute atomic E-state index is 0.0716.